The first-order chi connectivity index (χ1) is 11.1. The molecule has 1 aliphatic carbocycles. The lowest BCUT2D eigenvalue weighted by molar-refractivity contribution is 0.0942. The van der Waals surface area contributed by atoms with E-state index in [0.717, 1.165) is 51.4 Å². The lowest BCUT2D eigenvalue weighted by atomic mass is 10.2. The van der Waals surface area contributed by atoms with Crippen LogP contribution in [0.3, 0.4) is 0 Å². The van der Waals surface area contributed by atoms with Crippen molar-refractivity contribution in [3.63, 3.8) is 0 Å². The summed E-state index contributed by atoms with van der Waals surface area (Å²) in [7, 11) is -3.46. The monoisotopic (exact) mass is 356 g/mol. The van der Waals surface area contributed by atoms with Gasteiger partial charge in [0.15, 0.2) is 0 Å². The normalized spacial score (nSPS) is 21.2. The average molecular weight is 357 g/mol. The third-order valence-electron chi connectivity index (χ3n) is 4.69. The first kappa shape index (κ1) is 16.9. The summed E-state index contributed by atoms with van der Waals surface area (Å²) in [5.41, 5.74) is 0. The number of rotatable bonds is 4. The van der Waals surface area contributed by atoms with Crippen LogP contribution in [0.2, 0.25) is 0 Å². The van der Waals surface area contributed by atoms with E-state index in [1.807, 2.05) is 0 Å². The Kier molecular flexibility index (Phi) is 5.38. The van der Waals surface area contributed by atoms with Gasteiger partial charge in [0.05, 0.1) is 9.77 Å². The molecule has 0 bridgehead atoms. The van der Waals surface area contributed by atoms with E-state index < -0.39 is 10.0 Å². The number of sulfonamides is 1. The second-order valence-electron chi connectivity index (χ2n) is 6.42. The van der Waals surface area contributed by atoms with Crippen molar-refractivity contribution >= 4 is 27.3 Å². The van der Waals surface area contributed by atoms with E-state index in [2.05, 4.69) is 5.32 Å². The van der Waals surface area contributed by atoms with Gasteiger partial charge >= 0.3 is 0 Å². The van der Waals surface area contributed by atoms with Gasteiger partial charge in [-0.3, -0.25) is 4.79 Å². The van der Waals surface area contributed by atoms with E-state index in [9.17, 15) is 13.2 Å². The standard InChI is InChI=1S/C16H24N2O3S2/c19-16(17-13-7-3-4-8-13)15-11-14(12-22-15)23(20,21)18-9-5-1-2-6-10-18/h11-13H,1-10H2,(H,17,19). The molecule has 3 rings (SSSR count). The third-order valence-corrected chi connectivity index (χ3v) is 7.65. The molecule has 0 spiro atoms. The fourth-order valence-corrected chi connectivity index (χ4v) is 6.01. The SMILES string of the molecule is O=C(NC1CCCC1)c1cc(S(=O)(=O)N2CCCCCC2)cs1. The topological polar surface area (TPSA) is 66.5 Å². The van der Waals surface area contributed by atoms with Gasteiger partial charge in [-0.2, -0.15) is 4.31 Å². The molecule has 128 valence electrons. The fraction of sp³-hybridized carbons (Fsp3) is 0.688. The van der Waals surface area contributed by atoms with Crippen molar-refractivity contribution in [1.29, 1.82) is 0 Å². The maximum Gasteiger partial charge on any atom is 0.261 e. The molecule has 1 saturated carbocycles. The van der Waals surface area contributed by atoms with Gasteiger partial charge in [0.1, 0.15) is 0 Å². The predicted molar refractivity (Wildman–Crippen MR) is 91.3 cm³/mol. The lowest BCUT2D eigenvalue weighted by Crippen LogP contribution is -2.32. The number of amides is 1. The molecule has 1 aromatic heterocycles. The number of carbonyl (C=O) groups excluding carboxylic acids is 1. The molecule has 0 atom stereocenters. The highest BCUT2D eigenvalue weighted by Gasteiger charge is 2.27. The van der Waals surface area contributed by atoms with Gasteiger partial charge in [-0.25, -0.2) is 8.42 Å². The molecule has 5 nitrogen and oxygen atoms in total. The molecule has 0 aromatic carbocycles. The molecule has 7 heteroatoms. The maximum atomic E-state index is 12.7. The van der Waals surface area contributed by atoms with Crippen molar-refractivity contribution < 1.29 is 13.2 Å². The van der Waals surface area contributed by atoms with Gasteiger partial charge in [-0.15, -0.1) is 11.3 Å². The van der Waals surface area contributed by atoms with Gasteiger partial charge in [0.2, 0.25) is 10.0 Å². The van der Waals surface area contributed by atoms with E-state index >= 15 is 0 Å². The van der Waals surface area contributed by atoms with E-state index in [-0.39, 0.29) is 16.8 Å². The molecular weight excluding hydrogens is 332 g/mol. The molecule has 2 fully saturated rings. The molecule has 23 heavy (non-hydrogen) atoms. The molecule has 2 heterocycles. The van der Waals surface area contributed by atoms with E-state index in [1.165, 1.54) is 17.4 Å². The smallest absolute Gasteiger partial charge is 0.261 e. The summed E-state index contributed by atoms with van der Waals surface area (Å²) in [4.78, 5) is 13.0. The van der Waals surface area contributed by atoms with Crippen LogP contribution in [0.25, 0.3) is 0 Å². The summed E-state index contributed by atoms with van der Waals surface area (Å²) < 4.78 is 27.0. The van der Waals surface area contributed by atoms with Crippen LogP contribution in [0.4, 0.5) is 0 Å². The number of nitrogens with one attached hydrogen (secondary N) is 1. The largest absolute Gasteiger partial charge is 0.349 e. The van der Waals surface area contributed by atoms with Crippen molar-refractivity contribution in [2.75, 3.05) is 13.1 Å². The number of nitrogens with zero attached hydrogens (tertiary/aromatic N) is 1. The van der Waals surface area contributed by atoms with Crippen LogP contribution in [-0.4, -0.2) is 37.8 Å². The van der Waals surface area contributed by atoms with E-state index in [0.29, 0.717) is 18.0 Å². The molecule has 1 aromatic rings. The van der Waals surface area contributed by atoms with Gasteiger partial charge < -0.3 is 5.32 Å². The Balaban J connectivity index is 1.70. The molecule has 1 saturated heterocycles. The Bertz CT molecular complexity index is 640. The van der Waals surface area contributed by atoms with Crippen LogP contribution in [0.15, 0.2) is 16.3 Å². The highest BCUT2D eigenvalue weighted by atomic mass is 32.2. The Hall–Kier alpha value is -0.920. The van der Waals surface area contributed by atoms with Crippen LogP contribution in [-0.2, 0) is 10.0 Å². The third kappa shape index (κ3) is 3.95. The minimum atomic E-state index is -3.46. The summed E-state index contributed by atoms with van der Waals surface area (Å²) in [6, 6.07) is 1.78. The lowest BCUT2D eigenvalue weighted by Gasteiger charge is -2.18. The molecule has 2 aliphatic rings. The number of hydrogen-bond acceptors (Lipinski definition) is 4. The zero-order chi connectivity index (χ0) is 16.3. The summed E-state index contributed by atoms with van der Waals surface area (Å²) in [6.45, 7) is 1.17. The Morgan fingerprint density at radius 3 is 2.39 bits per heavy atom. The van der Waals surface area contributed by atoms with Gasteiger partial charge in [-0.05, 0) is 31.7 Å². The minimum Gasteiger partial charge on any atom is -0.349 e. The van der Waals surface area contributed by atoms with Crippen LogP contribution in [0, 0.1) is 0 Å². The Morgan fingerprint density at radius 1 is 1.09 bits per heavy atom. The van der Waals surface area contributed by atoms with Crippen molar-refractivity contribution in [3.05, 3.63) is 16.3 Å². The van der Waals surface area contributed by atoms with Crippen LogP contribution in [0.1, 0.15) is 61.0 Å². The fourth-order valence-electron chi connectivity index (χ4n) is 3.33. The summed E-state index contributed by atoms with van der Waals surface area (Å²) in [5.74, 6) is -0.140. The second kappa shape index (κ2) is 7.32. The molecular formula is C16H24N2O3S2. The van der Waals surface area contributed by atoms with Gasteiger partial charge in [0.25, 0.3) is 5.91 Å². The summed E-state index contributed by atoms with van der Waals surface area (Å²) in [6.07, 6.45) is 8.37. The van der Waals surface area contributed by atoms with Gasteiger partial charge in [0, 0.05) is 24.5 Å². The first-order valence-corrected chi connectivity index (χ1v) is 10.8. The van der Waals surface area contributed by atoms with E-state index in [4.69, 9.17) is 0 Å². The maximum absolute atomic E-state index is 12.7. The molecule has 0 radical (unpaired) electrons. The van der Waals surface area contributed by atoms with E-state index in [1.54, 1.807) is 9.69 Å². The van der Waals surface area contributed by atoms with Crippen LogP contribution < -0.4 is 5.32 Å². The molecule has 1 amide bonds. The van der Waals surface area contributed by atoms with Gasteiger partial charge in [-0.1, -0.05) is 25.7 Å². The Labute approximate surface area is 142 Å². The van der Waals surface area contributed by atoms with Crippen LogP contribution >= 0.6 is 11.3 Å². The molecule has 0 unspecified atom stereocenters. The van der Waals surface area contributed by atoms with Crippen molar-refractivity contribution in [1.82, 2.24) is 9.62 Å². The predicted octanol–water partition coefficient (Wildman–Crippen LogP) is 2.99. The number of carbonyl (C=O) groups is 1. The quantitative estimate of drug-likeness (QED) is 0.902. The number of thiophene rings is 1. The average Bonchev–Trinajstić information content (AvgIpc) is 3.14. The summed E-state index contributed by atoms with van der Waals surface area (Å²) in [5, 5.41) is 4.61. The highest BCUT2D eigenvalue weighted by molar-refractivity contribution is 7.89. The minimum absolute atomic E-state index is 0.140. The van der Waals surface area contributed by atoms with Crippen LogP contribution in [0.5, 0.6) is 0 Å². The van der Waals surface area contributed by atoms with Crippen molar-refractivity contribution in [2.24, 2.45) is 0 Å². The Morgan fingerprint density at radius 2 is 1.74 bits per heavy atom. The molecule has 1 aliphatic heterocycles. The van der Waals surface area contributed by atoms with Crippen molar-refractivity contribution in [3.8, 4) is 0 Å². The number of hydrogen-bond donors (Lipinski definition) is 1. The first-order valence-electron chi connectivity index (χ1n) is 8.47. The second-order valence-corrected chi connectivity index (χ2v) is 9.27. The molecule has 1 N–H and O–H groups in total. The zero-order valence-electron chi connectivity index (χ0n) is 13.3. The highest BCUT2D eigenvalue weighted by Crippen LogP contribution is 2.25. The summed E-state index contributed by atoms with van der Waals surface area (Å²) >= 11 is 1.22. The van der Waals surface area contributed by atoms with Crippen molar-refractivity contribution in [2.45, 2.75) is 62.3 Å². The zero-order valence-corrected chi connectivity index (χ0v) is 14.9.